The molecule has 4 heterocycles. The second-order valence-corrected chi connectivity index (χ2v) is 10.9. The van der Waals surface area contributed by atoms with Crippen LogP contribution in [-0.4, -0.2) is 77.6 Å². The molecule has 4 aliphatic heterocycles. The van der Waals surface area contributed by atoms with Crippen LogP contribution in [0.1, 0.15) is 40.0 Å². The van der Waals surface area contributed by atoms with E-state index in [1.165, 1.54) is 0 Å². The summed E-state index contributed by atoms with van der Waals surface area (Å²) in [6.07, 6.45) is -0.483. The predicted molar refractivity (Wildman–Crippen MR) is 105 cm³/mol. The molecule has 5 fully saturated rings. The van der Waals surface area contributed by atoms with Gasteiger partial charge in [-0.25, -0.2) is 14.4 Å². The predicted octanol–water partition coefficient (Wildman–Crippen LogP) is 1.35. The van der Waals surface area contributed by atoms with E-state index in [0.717, 1.165) is 17.6 Å². The fourth-order valence-electron chi connectivity index (χ4n) is 8.09. The van der Waals surface area contributed by atoms with Crippen LogP contribution in [0.15, 0.2) is 11.1 Å². The molecule has 2 spiro atoms. The molecule has 2 saturated carbocycles. The van der Waals surface area contributed by atoms with Gasteiger partial charge in [0.1, 0.15) is 30.0 Å². The number of hydrogen-bond acceptors (Lipinski definition) is 9. The van der Waals surface area contributed by atoms with Crippen molar-refractivity contribution in [2.24, 2.45) is 17.3 Å². The highest BCUT2D eigenvalue weighted by molar-refractivity contribution is 5.92. The van der Waals surface area contributed by atoms with Crippen LogP contribution in [-0.2, 0) is 38.0 Å². The van der Waals surface area contributed by atoms with Gasteiger partial charge in [0.25, 0.3) is 0 Å². The first-order chi connectivity index (χ1) is 15.6. The number of carboxylic acid groups (broad SMARTS) is 1. The molecule has 10 heteroatoms. The number of cyclic esters (lactones) is 1. The fourth-order valence-corrected chi connectivity index (χ4v) is 8.09. The van der Waals surface area contributed by atoms with E-state index in [0.29, 0.717) is 19.4 Å². The van der Waals surface area contributed by atoms with Crippen molar-refractivity contribution in [2.75, 3.05) is 13.2 Å². The number of fused-ring (bicyclic) bond motifs is 4. The van der Waals surface area contributed by atoms with Gasteiger partial charge in [-0.2, -0.15) is 0 Å². The van der Waals surface area contributed by atoms with Gasteiger partial charge in [0.15, 0.2) is 18.3 Å². The van der Waals surface area contributed by atoms with E-state index >= 15 is 0 Å². The number of hydrogen-bond donors (Lipinski definition) is 1. The minimum atomic E-state index is -1.26. The monoisotopic (exact) mass is 462 g/mol. The average Bonchev–Trinajstić information content (AvgIpc) is 3.65. The Morgan fingerprint density at radius 1 is 1.21 bits per heavy atom. The van der Waals surface area contributed by atoms with Crippen molar-refractivity contribution in [3.05, 3.63) is 11.1 Å². The zero-order valence-corrected chi connectivity index (χ0v) is 18.6. The van der Waals surface area contributed by atoms with Gasteiger partial charge >= 0.3 is 18.1 Å². The molecule has 7 aliphatic rings. The van der Waals surface area contributed by atoms with Crippen molar-refractivity contribution in [3.8, 4) is 0 Å². The van der Waals surface area contributed by atoms with Crippen LogP contribution in [0.25, 0.3) is 0 Å². The average molecular weight is 462 g/mol. The summed E-state index contributed by atoms with van der Waals surface area (Å²) in [7, 11) is 0. The van der Waals surface area contributed by atoms with Gasteiger partial charge in [-0.05, 0) is 36.7 Å². The Morgan fingerprint density at radius 3 is 2.73 bits per heavy atom. The number of esters is 1. The van der Waals surface area contributed by atoms with Gasteiger partial charge in [0, 0.05) is 11.0 Å². The third kappa shape index (κ3) is 2.02. The maximum Gasteiger partial charge on any atom is 0.509 e. The maximum absolute atomic E-state index is 12.5. The first-order valence-corrected chi connectivity index (χ1v) is 11.6. The normalized spacial score (nSPS) is 51.8. The molecule has 3 aliphatic carbocycles. The molecule has 7 rings (SSSR count). The van der Waals surface area contributed by atoms with Crippen molar-refractivity contribution in [1.29, 1.82) is 0 Å². The van der Waals surface area contributed by atoms with Crippen LogP contribution in [0.5, 0.6) is 0 Å². The van der Waals surface area contributed by atoms with Crippen LogP contribution in [0.2, 0.25) is 0 Å². The lowest BCUT2D eigenvalue weighted by atomic mass is 9.46. The number of epoxide rings is 3. The zero-order valence-electron chi connectivity index (χ0n) is 18.6. The number of carbonyl (C=O) groups excluding carboxylic acids is 2. The highest BCUT2D eigenvalue weighted by Crippen LogP contribution is 2.83. The van der Waals surface area contributed by atoms with E-state index < -0.39 is 41.6 Å². The second-order valence-electron chi connectivity index (χ2n) is 10.9. The highest BCUT2D eigenvalue weighted by Gasteiger charge is 3.01. The quantitative estimate of drug-likeness (QED) is 0.481. The maximum atomic E-state index is 12.5. The molecule has 0 aromatic rings. The number of rotatable bonds is 4. The summed E-state index contributed by atoms with van der Waals surface area (Å²) in [5.74, 6) is -1.40. The molecule has 0 aromatic heterocycles. The molecule has 9 atom stereocenters. The zero-order chi connectivity index (χ0) is 23.1. The Balaban J connectivity index is 1.29. The first-order valence-electron chi connectivity index (χ1n) is 11.6. The largest absolute Gasteiger partial charge is 0.509 e. The Labute approximate surface area is 189 Å². The lowest BCUT2D eigenvalue weighted by Gasteiger charge is -2.53. The van der Waals surface area contributed by atoms with Crippen LogP contribution >= 0.6 is 0 Å². The van der Waals surface area contributed by atoms with Crippen LogP contribution in [0.3, 0.4) is 0 Å². The van der Waals surface area contributed by atoms with Crippen molar-refractivity contribution < 1.29 is 47.9 Å². The molecule has 1 N–H and O–H groups in total. The van der Waals surface area contributed by atoms with Gasteiger partial charge in [-0.15, -0.1) is 0 Å². The van der Waals surface area contributed by atoms with E-state index in [-0.39, 0.29) is 41.5 Å². The van der Waals surface area contributed by atoms with E-state index in [1.54, 1.807) is 0 Å². The Morgan fingerprint density at radius 2 is 2.00 bits per heavy atom. The van der Waals surface area contributed by atoms with Crippen molar-refractivity contribution in [3.63, 3.8) is 0 Å². The second kappa shape index (κ2) is 5.72. The summed E-state index contributed by atoms with van der Waals surface area (Å²) in [6.45, 7) is 5.74. The topological polar surface area (TPSA) is 137 Å². The van der Waals surface area contributed by atoms with Gasteiger partial charge in [0.05, 0.1) is 6.10 Å². The Bertz CT molecular complexity index is 1050. The molecule has 3 saturated heterocycles. The summed E-state index contributed by atoms with van der Waals surface area (Å²) in [4.78, 5) is 35.6. The van der Waals surface area contributed by atoms with E-state index in [4.69, 9.17) is 33.5 Å². The van der Waals surface area contributed by atoms with Crippen molar-refractivity contribution >= 4 is 18.1 Å². The first kappa shape index (κ1) is 20.2. The molecular formula is C23H26O10. The standard InChI is InChI=1S/C23H26O10/c1-9(2)21-15(32-21)16-23(33-16)20(3)5-4-10-11(7-28-17(10)26)12(20)6-13-22(23,31-13)18(21)30-19(27)29-8-14(24)25/h9,12-13,15-16,18H,4-8H2,1-3H3,(H,24,25)/t12-,13-,15-,16-,18+,20-,21-,22+,23+/m0/s1. The smallest absolute Gasteiger partial charge is 0.479 e. The Kier molecular flexibility index (Phi) is 3.51. The molecule has 0 radical (unpaired) electrons. The third-order valence-corrected chi connectivity index (χ3v) is 9.59. The fraction of sp³-hybridized carbons (Fsp3) is 0.783. The van der Waals surface area contributed by atoms with Gasteiger partial charge in [-0.3, -0.25) is 0 Å². The SMILES string of the molecule is CC(C)[C@]12O[C@H]1[C@@H]1O[C@]13[C@]1(O[C@H]1C[C@H]1C4=C(CC[C@@]13C)C(=O)OC4)[C@@H]2OC(=O)OCC(=O)O. The molecular weight excluding hydrogens is 436 g/mol. The van der Waals surface area contributed by atoms with E-state index in [2.05, 4.69) is 6.92 Å². The minimum Gasteiger partial charge on any atom is -0.479 e. The molecule has 0 unspecified atom stereocenters. The molecule has 10 nitrogen and oxygen atoms in total. The number of ether oxygens (including phenoxy) is 6. The number of aliphatic carboxylic acids is 1. The molecule has 0 amide bonds. The van der Waals surface area contributed by atoms with Gasteiger partial charge in [-0.1, -0.05) is 20.8 Å². The summed E-state index contributed by atoms with van der Waals surface area (Å²) >= 11 is 0. The molecule has 0 aromatic carbocycles. The summed E-state index contributed by atoms with van der Waals surface area (Å²) < 4.78 is 35.3. The van der Waals surface area contributed by atoms with Crippen LogP contribution in [0.4, 0.5) is 4.79 Å². The molecule has 0 bridgehead atoms. The summed E-state index contributed by atoms with van der Waals surface area (Å²) in [6, 6.07) is 0. The minimum absolute atomic E-state index is 0.00764. The highest BCUT2D eigenvalue weighted by atomic mass is 16.8. The Hall–Kier alpha value is -2.17. The van der Waals surface area contributed by atoms with Crippen molar-refractivity contribution in [2.45, 2.75) is 81.3 Å². The van der Waals surface area contributed by atoms with E-state index in [9.17, 15) is 14.4 Å². The lowest BCUT2D eigenvalue weighted by Crippen LogP contribution is -2.70. The number of carbonyl (C=O) groups is 3. The molecule has 178 valence electrons. The lowest BCUT2D eigenvalue weighted by molar-refractivity contribution is -0.143. The third-order valence-electron chi connectivity index (χ3n) is 9.59. The van der Waals surface area contributed by atoms with Crippen LogP contribution in [0, 0.1) is 17.3 Å². The van der Waals surface area contributed by atoms with Crippen molar-refractivity contribution in [1.82, 2.24) is 0 Å². The number of carboxylic acids is 1. The van der Waals surface area contributed by atoms with Crippen LogP contribution < -0.4 is 0 Å². The van der Waals surface area contributed by atoms with Gasteiger partial charge in [0.2, 0.25) is 0 Å². The summed E-state index contributed by atoms with van der Waals surface area (Å²) in [5.41, 5.74) is -0.870. The van der Waals surface area contributed by atoms with Gasteiger partial charge < -0.3 is 33.5 Å². The molecule has 33 heavy (non-hydrogen) atoms. The van der Waals surface area contributed by atoms with E-state index in [1.807, 2.05) is 13.8 Å². The summed E-state index contributed by atoms with van der Waals surface area (Å²) in [5, 5.41) is 8.88.